The molecule has 0 aliphatic carbocycles. The lowest BCUT2D eigenvalue weighted by molar-refractivity contribution is 0.0995. The highest BCUT2D eigenvalue weighted by atomic mass is 16.1. The number of carbonyl (C=O) groups is 1. The largest absolute Gasteiger partial charge is 0.364 e. The van der Waals surface area contributed by atoms with E-state index in [-0.39, 0.29) is 5.69 Å². The lowest BCUT2D eigenvalue weighted by Crippen LogP contribution is -2.13. The van der Waals surface area contributed by atoms with Gasteiger partial charge in [0, 0.05) is 0 Å². The minimum atomic E-state index is -0.559. The van der Waals surface area contributed by atoms with Crippen LogP contribution in [-0.2, 0) is 0 Å². The van der Waals surface area contributed by atoms with Gasteiger partial charge in [-0.15, -0.1) is 5.10 Å². The van der Waals surface area contributed by atoms with Crippen molar-refractivity contribution in [3.05, 3.63) is 41.2 Å². The van der Waals surface area contributed by atoms with Crippen LogP contribution in [-0.4, -0.2) is 20.9 Å². The first kappa shape index (κ1) is 10.4. The van der Waals surface area contributed by atoms with Gasteiger partial charge in [0.2, 0.25) is 0 Å². The molecule has 1 amide bonds. The highest BCUT2D eigenvalue weighted by Crippen LogP contribution is 2.12. The number of benzene rings is 1. The SMILES string of the molecule is Cc1ccc(-n2nnc(C(N)=O)c2C)cc1. The Hall–Kier alpha value is -2.17. The smallest absolute Gasteiger partial charge is 0.271 e. The molecular weight excluding hydrogens is 204 g/mol. The first-order chi connectivity index (χ1) is 7.59. The van der Waals surface area contributed by atoms with E-state index in [2.05, 4.69) is 10.3 Å². The molecule has 1 heterocycles. The van der Waals surface area contributed by atoms with Crippen LogP contribution in [0.2, 0.25) is 0 Å². The van der Waals surface area contributed by atoms with Crippen molar-refractivity contribution in [2.75, 3.05) is 0 Å². The van der Waals surface area contributed by atoms with Crippen LogP contribution < -0.4 is 5.73 Å². The summed E-state index contributed by atoms with van der Waals surface area (Å²) < 4.78 is 1.60. The average molecular weight is 216 g/mol. The van der Waals surface area contributed by atoms with Crippen LogP contribution in [0.4, 0.5) is 0 Å². The van der Waals surface area contributed by atoms with Crippen molar-refractivity contribution >= 4 is 5.91 Å². The predicted octanol–water partition coefficient (Wildman–Crippen LogP) is 0.983. The molecule has 5 nitrogen and oxygen atoms in total. The Labute approximate surface area is 92.9 Å². The van der Waals surface area contributed by atoms with E-state index in [0.717, 1.165) is 11.3 Å². The maximum absolute atomic E-state index is 11.0. The summed E-state index contributed by atoms with van der Waals surface area (Å²) >= 11 is 0. The molecule has 1 aromatic heterocycles. The van der Waals surface area contributed by atoms with Gasteiger partial charge in [-0.1, -0.05) is 22.9 Å². The molecule has 0 saturated carbocycles. The number of amides is 1. The quantitative estimate of drug-likeness (QED) is 0.813. The molecule has 2 N–H and O–H groups in total. The van der Waals surface area contributed by atoms with Crippen molar-refractivity contribution in [1.29, 1.82) is 0 Å². The third kappa shape index (κ3) is 1.67. The summed E-state index contributed by atoms with van der Waals surface area (Å²) in [6.45, 7) is 3.77. The van der Waals surface area contributed by atoms with Crippen LogP contribution in [0.3, 0.4) is 0 Å². The molecule has 0 saturated heterocycles. The summed E-state index contributed by atoms with van der Waals surface area (Å²) in [5.41, 5.74) is 8.06. The Bertz CT molecular complexity index is 527. The molecule has 0 spiro atoms. The Balaban J connectivity index is 2.49. The monoisotopic (exact) mass is 216 g/mol. The van der Waals surface area contributed by atoms with Crippen molar-refractivity contribution in [3.8, 4) is 5.69 Å². The molecule has 16 heavy (non-hydrogen) atoms. The normalized spacial score (nSPS) is 10.4. The number of hydrogen-bond donors (Lipinski definition) is 1. The van der Waals surface area contributed by atoms with Crippen LogP contribution in [0.1, 0.15) is 21.7 Å². The van der Waals surface area contributed by atoms with E-state index in [9.17, 15) is 4.79 Å². The number of nitrogens with zero attached hydrogens (tertiary/aromatic N) is 3. The van der Waals surface area contributed by atoms with Crippen molar-refractivity contribution in [2.45, 2.75) is 13.8 Å². The predicted molar refractivity (Wildman–Crippen MR) is 59.4 cm³/mol. The highest BCUT2D eigenvalue weighted by molar-refractivity contribution is 5.91. The highest BCUT2D eigenvalue weighted by Gasteiger charge is 2.13. The number of nitrogens with two attached hydrogens (primary N) is 1. The van der Waals surface area contributed by atoms with E-state index in [1.54, 1.807) is 11.6 Å². The van der Waals surface area contributed by atoms with Crippen molar-refractivity contribution in [1.82, 2.24) is 15.0 Å². The van der Waals surface area contributed by atoms with Gasteiger partial charge >= 0.3 is 0 Å². The zero-order valence-electron chi connectivity index (χ0n) is 9.14. The van der Waals surface area contributed by atoms with Gasteiger partial charge in [-0.25, -0.2) is 4.68 Å². The lowest BCUT2D eigenvalue weighted by Gasteiger charge is -2.03. The molecule has 5 heteroatoms. The standard InChI is InChI=1S/C11H12N4O/c1-7-3-5-9(6-4-7)15-8(2)10(11(12)16)13-14-15/h3-6H,1-2H3,(H2,12,16). The van der Waals surface area contributed by atoms with Crippen LogP contribution in [0.15, 0.2) is 24.3 Å². The second-order valence-electron chi connectivity index (χ2n) is 3.64. The number of aromatic nitrogens is 3. The molecule has 0 aliphatic heterocycles. The number of aryl methyl sites for hydroxylation is 1. The molecule has 0 bridgehead atoms. The molecule has 0 fully saturated rings. The number of carbonyl (C=O) groups excluding carboxylic acids is 1. The van der Waals surface area contributed by atoms with E-state index < -0.39 is 5.91 Å². The summed E-state index contributed by atoms with van der Waals surface area (Å²) in [4.78, 5) is 11.0. The van der Waals surface area contributed by atoms with Crippen LogP contribution in [0.5, 0.6) is 0 Å². The minimum absolute atomic E-state index is 0.209. The molecule has 0 aliphatic rings. The fraction of sp³-hybridized carbons (Fsp3) is 0.182. The topological polar surface area (TPSA) is 73.8 Å². The van der Waals surface area contributed by atoms with E-state index in [0.29, 0.717) is 5.69 Å². The number of primary amides is 1. The lowest BCUT2D eigenvalue weighted by atomic mass is 10.2. The van der Waals surface area contributed by atoms with Gasteiger partial charge in [0.05, 0.1) is 11.4 Å². The van der Waals surface area contributed by atoms with Gasteiger partial charge in [-0.05, 0) is 26.0 Å². The van der Waals surface area contributed by atoms with Gasteiger partial charge in [-0.2, -0.15) is 0 Å². The first-order valence-electron chi connectivity index (χ1n) is 4.88. The molecule has 0 atom stereocenters. The summed E-state index contributed by atoms with van der Waals surface area (Å²) in [6, 6.07) is 7.78. The second kappa shape index (κ2) is 3.77. The van der Waals surface area contributed by atoms with Crippen molar-refractivity contribution in [3.63, 3.8) is 0 Å². The minimum Gasteiger partial charge on any atom is -0.364 e. The molecular formula is C11H12N4O. The molecule has 0 unspecified atom stereocenters. The molecule has 82 valence electrons. The van der Waals surface area contributed by atoms with Crippen molar-refractivity contribution < 1.29 is 4.79 Å². The average Bonchev–Trinajstić information content (AvgIpc) is 2.61. The molecule has 0 radical (unpaired) electrons. The maximum Gasteiger partial charge on any atom is 0.271 e. The van der Waals surface area contributed by atoms with Crippen LogP contribution in [0, 0.1) is 13.8 Å². The Morgan fingerprint density at radius 2 is 1.88 bits per heavy atom. The number of hydrogen-bond acceptors (Lipinski definition) is 3. The Kier molecular flexibility index (Phi) is 2.44. The van der Waals surface area contributed by atoms with Gasteiger partial charge in [0.15, 0.2) is 5.69 Å². The van der Waals surface area contributed by atoms with Crippen LogP contribution in [0.25, 0.3) is 5.69 Å². The summed E-state index contributed by atoms with van der Waals surface area (Å²) in [5.74, 6) is -0.559. The van der Waals surface area contributed by atoms with E-state index >= 15 is 0 Å². The summed E-state index contributed by atoms with van der Waals surface area (Å²) in [6.07, 6.45) is 0. The Morgan fingerprint density at radius 1 is 1.25 bits per heavy atom. The zero-order valence-corrected chi connectivity index (χ0v) is 9.14. The summed E-state index contributed by atoms with van der Waals surface area (Å²) in [5, 5.41) is 7.66. The van der Waals surface area contributed by atoms with E-state index in [4.69, 9.17) is 5.73 Å². The van der Waals surface area contributed by atoms with Gasteiger partial charge in [0.25, 0.3) is 5.91 Å². The molecule has 2 aromatic rings. The van der Waals surface area contributed by atoms with Gasteiger partial charge < -0.3 is 5.73 Å². The first-order valence-corrected chi connectivity index (χ1v) is 4.88. The van der Waals surface area contributed by atoms with Crippen LogP contribution >= 0.6 is 0 Å². The zero-order chi connectivity index (χ0) is 11.7. The molecule has 2 rings (SSSR count). The molecule has 1 aromatic carbocycles. The van der Waals surface area contributed by atoms with Gasteiger partial charge in [0.1, 0.15) is 0 Å². The fourth-order valence-corrected chi connectivity index (χ4v) is 1.49. The van der Waals surface area contributed by atoms with Crippen molar-refractivity contribution in [2.24, 2.45) is 5.73 Å². The van der Waals surface area contributed by atoms with E-state index in [1.807, 2.05) is 31.2 Å². The number of rotatable bonds is 2. The maximum atomic E-state index is 11.0. The third-order valence-corrected chi connectivity index (χ3v) is 2.41. The fourth-order valence-electron chi connectivity index (χ4n) is 1.49. The third-order valence-electron chi connectivity index (χ3n) is 2.41. The summed E-state index contributed by atoms with van der Waals surface area (Å²) in [7, 11) is 0. The second-order valence-corrected chi connectivity index (χ2v) is 3.64. The Morgan fingerprint density at radius 3 is 2.38 bits per heavy atom. The van der Waals surface area contributed by atoms with Gasteiger partial charge in [-0.3, -0.25) is 4.79 Å². The van der Waals surface area contributed by atoms with E-state index in [1.165, 1.54) is 0 Å².